The molecule has 0 fully saturated rings. The molecule has 1 rings (SSSR count). The molecule has 0 heterocycles. The Bertz CT molecular complexity index is 580. The van der Waals surface area contributed by atoms with Crippen molar-refractivity contribution in [1.82, 2.24) is 0 Å². The Labute approximate surface area is 158 Å². The van der Waals surface area contributed by atoms with Gasteiger partial charge in [-0.1, -0.05) is 19.3 Å². The molecule has 0 aliphatic heterocycles. The van der Waals surface area contributed by atoms with E-state index in [4.69, 9.17) is 13.3 Å². The van der Waals surface area contributed by atoms with Gasteiger partial charge >= 0.3 is 8.80 Å². The maximum absolute atomic E-state index is 13.6. The van der Waals surface area contributed by atoms with Crippen LogP contribution < -0.4 is 0 Å². The van der Waals surface area contributed by atoms with Crippen LogP contribution in [0.5, 0.6) is 0 Å². The van der Waals surface area contributed by atoms with Gasteiger partial charge in [0.1, 0.15) is 0 Å². The first-order chi connectivity index (χ1) is 12.7. The molecule has 3 nitrogen and oxygen atoms in total. The first-order valence-corrected chi connectivity index (χ1v) is 10.9. The highest BCUT2D eigenvalue weighted by molar-refractivity contribution is 6.60. The molecule has 0 aromatic heterocycles. The minimum absolute atomic E-state index is 0.0159. The zero-order chi connectivity index (χ0) is 20.6. The largest absolute Gasteiger partial charge is 0.500 e. The zero-order valence-electron chi connectivity index (χ0n) is 16.1. The van der Waals surface area contributed by atoms with Gasteiger partial charge in [0.15, 0.2) is 23.3 Å². The molecular formula is C18H27F5O3Si. The standard InChI is InChI=1S/C18H27F5O3Si/c1-12(2)26-27(24-3,25-4)11-9-7-5-6-8-10-13-14(19)16(21)18(23)17(22)15(13)20/h12H,5-11H2,1-4H3. The van der Waals surface area contributed by atoms with Crippen molar-refractivity contribution in [2.24, 2.45) is 0 Å². The summed E-state index contributed by atoms with van der Waals surface area (Å²) in [5.41, 5.74) is -0.748. The third-order valence-electron chi connectivity index (χ3n) is 4.25. The minimum atomic E-state index is -2.68. The fraction of sp³-hybridized carbons (Fsp3) is 0.667. The molecule has 0 aliphatic carbocycles. The van der Waals surface area contributed by atoms with Gasteiger partial charge in [-0.3, -0.25) is 0 Å². The van der Waals surface area contributed by atoms with E-state index >= 15 is 0 Å². The Morgan fingerprint density at radius 3 is 1.63 bits per heavy atom. The van der Waals surface area contributed by atoms with Crippen LogP contribution in [0, 0.1) is 29.1 Å². The van der Waals surface area contributed by atoms with Crippen molar-refractivity contribution < 1.29 is 35.2 Å². The lowest BCUT2D eigenvalue weighted by atomic mass is 10.0. The maximum Gasteiger partial charge on any atom is 0.500 e. The average Bonchev–Trinajstić information content (AvgIpc) is 2.65. The fourth-order valence-corrected chi connectivity index (χ4v) is 5.13. The number of halogens is 5. The highest BCUT2D eigenvalue weighted by atomic mass is 28.4. The molecule has 0 atom stereocenters. The first-order valence-electron chi connectivity index (χ1n) is 8.97. The predicted molar refractivity (Wildman–Crippen MR) is 93.8 cm³/mol. The summed E-state index contributed by atoms with van der Waals surface area (Å²) in [7, 11) is 0.437. The second-order valence-electron chi connectivity index (χ2n) is 6.57. The highest BCUT2D eigenvalue weighted by Gasteiger charge is 2.39. The molecule has 156 valence electrons. The third-order valence-corrected chi connectivity index (χ3v) is 7.29. The van der Waals surface area contributed by atoms with Crippen LogP contribution >= 0.6 is 0 Å². The third kappa shape index (κ3) is 6.51. The van der Waals surface area contributed by atoms with Gasteiger partial charge in [0.05, 0.1) is 0 Å². The number of rotatable bonds is 12. The molecule has 0 N–H and O–H groups in total. The zero-order valence-corrected chi connectivity index (χ0v) is 17.1. The topological polar surface area (TPSA) is 27.7 Å². The molecule has 27 heavy (non-hydrogen) atoms. The first kappa shape index (κ1) is 24.0. The molecular weight excluding hydrogens is 387 g/mol. The Hall–Kier alpha value is -1.03. The Balaban J connectivity index is 2.42. The molecule has 0 amide bonds. The lowest BCUT2D eigenvalue weighted by Gasteiger charge is -2.28. The lowest BCUT2D eigenvalue weighted by molar-refractivity contribution is 0.0693. The van der Waals surface area contributed by atoms with E-state index in [0.717, 1.165) is 19.3 Å². The van der Waals surface area contributed by atoms with E-state index in [0.29, 0.717) is 18.9 Å². The van der Waals surface area contributed by atoms with Crippen LogP contribution in [0.3, 0.4) is 0 Å². The van der Waals surface area contributed by atoms with E-state index in [1.165, 1.54) is 0 Å². The van der Waals surface area contributed by atoms with E-state index in [-0.39, 0.29) is 12.5 Å². The van der Waals surface area contributed by atoms with Crippen LogP contribution in [-0.2, 0) is 19.7 Å². The van der Waals surface area contributed by atoms with Crippen molar-refractivity contribution in [3.05, 3.63) is 34.6 Å². The number of hydrogen-bond donors (Lipinski definition) is 0. The van der Waals surface area contributed by atoms with Crippen molar-refractivity contribution in [3.63, 3.8) is 0 Å². The summed E-state index contributed by atoms with van der Waals surface area (Å²) in [5, 5.41) is 0. The van der Waals surface area contributed by atoms with Crippen LogP contribution in [0.4, 0.5) is 22.0 Å². The number of benzene rings is 1. The molecule has 0 unspecified atom stereocenters. The van der Waals surface area contributed by atoms with Crippen molar-refractivity contribution in [1.29, 1.82) is 0 Å². The van der Waals surface area contributed by atoms with Gasteiger partial charge in [0.25, 0.3) is 0 Å². The summed E-state index contributed by atoms with van der Waals surface area (Å²) in [6.45, 7) is 3.80. The summed E-state index contributed by atoms with van der Waals surface area (Å²) in [6, 6.07) is 0.649. The van der Waals surface area contributed by atoms with Crippen LogP contribution in [0.15, 0.2) is 0 Å². The van der Waals surface area contributed by atoms with Crippen LogP contribution in [0.2, 0.25) is 6.04 Å². The quantitative estimate of drug-likeness (QED) is 0.148. The molecule has 0 bridgehead atoms. The van der Waals surface area contributed by atoms with Gasteiger partial charge < -0.3 is 13.3 Å². The van der Waals surface area contributed by atoms with Crippen LogP contribution in [0.1, 0.15) is 51.5 Å². The van der Waals surface area contributed by atoms with Crippen molar-refractivity contribution >= 4 is 8.80 Å². The van der Waals surface area contributed by atoms with E-state index in [1.54, 1.807) is 14.2 Å². The fourth-order valence-electron chi connectivity index (χ4n) is 2.85. The second-order valence-corrected chi connectivity index (χ2v) is 9.49. The van der Waals surface area contributed by atoms with E-state index < -0.39 is 43.5 Å². The average molecular weight is 414 g/mol. The highest BCUT2D eigenvalue weighted by Crippen LogP contribution is 2.25. The van der Waals surface area contributed by atoms with Gasteiger partial charge in [0, 0.05) is 31.9 Å². The Morgan fingerprint density at radius 2 is 1.15 bits per heavy atom. The Kier molecular flexibility index (Phi) is 9.86. The lowest BCUT2D eigenvalue weighted by Crippen LogP contribution is -2.45. The minimum Gasteiger partial charge on any atom is -0.377 e. The van der Waals surface area contributed by atoms with Crippen LogP contribution in [-0.4, -0.2) is 29.1 Å². The summed E-state index contributed by atoms with van der Waals surface area (Å²) in [6.07, 6.45) is 3.10. The van der Waals surface area contributed by atoms with E-state index in [1.807, 2.05) is 13.8 Å². The van der Waals surface area contributed by atoms with Gasteiger partial charge in [-0.25, -0.2) is 22.0 Å². The van der Waals surface area contributed by atoms with Gasteiger partial charge in [0.2, 0.25) is 5.82 Å². The van der Waals surface area contributed by atoms with Gasteiger partial charge in [-0.2, -0.15) is 0 Å². The second kappa shape index (κ2) is 11.1. The molecule has 0 saturated heterocycles. The Morgan fingerprint density at radius 1 is 0.704 bits per heavy atom. The summed E-state index contributed by atoms with van der Waals surface area (Å²) < 4.78 is 83.2. The number of hydrogen-bond acceptors (Lipinski definition) is 3. The number of unbranched alkanes of at least 4 members (excludes halogenated alkanes) is 4. The molecule has 0 aliphatic rings. The predicted octanol–water partition coefficient (Wildman–Crippen LogP) is 5.53. The molecule has 0 radical (unpaired) electrons. The normalized spacial score (nSPS) is 12.2. The summed E-state index contributed by atoms with van der Waals surface area (Å²) in [5.74, 6) is -9.40. The molecule has 0 saturated carbocycles. The summed E-state index contributed by atoms with van der Waals surface area (Å²) in [4.78, 5) is 0. The van der Waals surface area contributed by atoms with E-state index in [2.05, 4.69) is 0 Å². The molecule has 1 aromatic rings. The SMILES string of the molecule is CO[Si](CCCCCCCc1c(F)c(F)c(F)c(F)c1F)(OC)OC(C)C. The van der Waals surface area contributed by atoms with Crippen molar-refractivity contribution in [2.75, 3.05) is 14.2 Å². The van der Waals surface area contributed by atoms with Crippen LogP contribution in [0.25, 0.3) is 0 Å². The maximum atomic E-state index is 13.6. The molecule has 9 heteroatoms. The van der Waals surface area contributed by atoms with Gasteiger partial charge in [-0.05, 0) is 33.1 Å². The smallest absolute Gasteiger partial charge is 0.377 e. The summed E-state index contributed by atoms with van der Waals surface area (Å²) >= 11 is 0. The monoisotopic (exact) mass is 414 g/mol. The molecule has 0 spiro atoms. The van der Waals surface area contributed by atoms with E-state index in [9.17, 15) is 22.0 Å². The van der Waals surface area contributed by atoms with Crippen molar-refractivity contribution in [3.8, 4) is 0 Å². The molecule has 1 aromatic carbocycles. The van der Waals surface area contributed by atoms with Gasteiger partial charge in [-0.15, -0.1) is 0 Å². The van der Waals surface area contributed by atoms with Crippen molar-refractivity contribution in [2.45, 2.75) is 64.5 Å².